The summed E-state index contributed by atoms with van der Waals surface area (Å²) in [7, 11) is 0. The van der Waals surface area contributed by atoms with E-state index in [0.29, 0.717) is 11.4 Å². The molecule has 0 saturated carbocycles. The molecule has 2 amide bonds. The van der Waals surface area contributed by atoms with Gasteiger partial charge in [-0.05, 0) is 31.0 Å². The fourth-order valence-corrected chi connectivity index (χ4v) is 1.70. The Morgan fingerprint density at radius 1 is 1.26 bits per heavy atom. The van der Waals surface area contributed by atoms with Crippen molar-refractivity contribution in [1.29, 1.82) is 0 Å². The summed E-state index contributed by atoms with van der Waals surface area (Å²) in [5.41, 5.74) is 0.892. The summed E-state index contributed by atoms with van der Waals surface area (Å²) in [6, 6.07) is 5.47. The molecule has 0 saturated heterocycles. The van der Waals surface area contributed by atoms with Gasteiger partial charge in [-0.15, -0.1) is 0 Å². The summed E-state index contributed by atoms with van der Waals surface area (Å²) < 4.78 is 0. The highest BCUT2D eigenvalue weighted by atomic mass is 35.5. The lowest BCUT2D eigenvalue weighted by molar-refractivity contribution is -0.139. The predicted octanol–water partition coefficient (Wildman–Crippen LogP) is 2.56. The quantitative estimate of drug-likeness (QED) is 0.777. The number of benzene rings is 1. The van der Waals surface area contributed by atoms with Crippen molar-refractivity contribution in [3.05, 3.63) is 34.9 Å². The van der Waals surface area contributed by atoms with Gasteiger partial charge >= 0.3 is 12.0 Å². The van der Waals surface area contributed by atoms with Crippen LogP contribution in [-0.2, 0) is 4.79 Å². The second-order valence-corrected chi connectivity index (χ2v) is 4.63. The first-order valence-corrected chi connectivity index (χ1v) is 6.37. The molecular weight excluding hydrogens is 268 g/mol. The molecule has 2 atom stereocenters. The highest BCUT2D eigenvalue weighted by Gasteiger charge is 2.18. The summed E-state index contributed by atoms with van der Waals surface area (Å²) in [6.45, 7) is 3.51. The number of hydrogen-bond donors (Lipinski definition) is 3. The number of carbonyl (C=O) groups is 2. The number of halogens is 1. The number of aliphatic carboxylic acids is 1. The fourth-order valence-electron chi connectivity index (χ4n) is 1.57. The molecule has 0 aliphatic rings. The first kappa shape index (κ1) is 15.3. The number of amides is 2. The van der Waals surface area contributed by atoms with Gasteiger partial charge in [0.25, 0.3) is 0 Å². The average molecular weight is 285 g/mol. The van der Waals surface area contributed by atoms with Crippen molar-refractivity contribution in [3.63, 3.8) is 0 Å². The molecule has 104 valence electrons. The van der Waals surface area contributed by atoms with E-state index in [2.05, 4.69) is 10.6 Å². The third kappa shape index (κ3) is 4.79. The molecule has 1 rings (SSSR count). The van der Waals surface area contributed by atoms with E-state index in [4.69, 9.17) is 16.7 Å². The van der Waals surface area contributed by atoms with Crippen LogP contribution in [-0.4, -0.2) is 23.1 Å². The number of carboxylic acids is 1. The van der Waals surface area contributed by atoms with Crippen LogP contribution in [0.1, 0.15) is 31.9 Å². The fraction of sp³-hybridized carbons (Fsp3) is 0.385. The largest absolute Gasteiger partial charge is 0.480 e. The maximum atomic E-state index is 11.7. The summed E-state index contributed by atoms with van der Waals surface area (Å²) in [6.07, 6.45) is 0.331. The highest BCUT2D eigenvalue weighted by molar-refractivity contribution is 6.30. The molecule has 6 heteroatoms. The van der Waals surface area contributed by atoms with Crippen molar-refractivity contribution in [2.24, 2.45) is 0 Å². The Morgan fingerprint density at radius 2 is 1.84 bits per heavy atom. The molecule has 0 heterocycles. The Balaban J connectivity index is 2.56. The molecule has 0 spiro atoms. The maximum absolute atomic E-state index is 11.7. The van der Waals surface area contributed by atoms with Crippen molar-refractivity contribution in [2.75, 3.05) is 0 Å². The van der Waals surface area contributed by atoms with E-state index in [-0.39, 0.29) is 6.04 Å². The van der Waals surface area contributed by atoms with Gasteiger partial charge in [-0.1, -0.05) is 30.7 Å². The van der Waals surface area contributed by atoms with Crippen molar-refractivity contribution < 1.29 is 14.7 Å². The van der Waals surface area contributed by atoms with E-state index in [0.717, 1.165) is 5.56 Å². The number of urea groups is 1. The Bertz CT molecular complexity index is 448. The molecule has 0 fully saturated rings. The second kappa shape index (κ2) is 6.99. The van der Waals surface area contributed by atoms with E-state index >= 15 is 0 Å². The van der Waals surface area contributed by atoms with Crippen LogP contribution in [0.25, 0.3) is 0 Å². The third-order valence-electron chi connectivity index (χ3n) is 2.73. The van der Waals surface area contributed by atoms with Crippen molar-refractivity contribution in [2.45, 2.75) is 32.4 Å². The Morgan fingerprint density at radius 3 is 2.32 bits per heavy atom. The molecule has 1 aromatic rings. The normalized spacial score (nSPS) is 13.4. The first-order chi connectivity index (χ1) is 8.93. The molecule has 0 aliphatic heterocycles. The molecular formula is C13H17ClN2O3. The number of carbonyl (C=O) groups excluding carboxylic acids is 1. The van der Waals surface area contributed by atoms with Crippen molar-refractivity contribution >= 4 is 23.6 Å². The van der Waals surface area contributed by atoms with Crippen LogP contribution >= 0.6 is 11.6 Å². The number of nitrogens with one attached hydrogen (secondary N) is 2. The van der Waals surface area contributed by atoms with E-state index in [1.165, 1.54) is 0 Å². The van der Waals surface area contributed by atoms with Gasteiger partial charge in [-0.25, -0.2) is 9.59 Å². The second-order valence-electron chi connectivity index (χ2n) is 4.19. The third-order valence-corrected chi connectivity index (χ3v) is 2.98. The monoisotopic (exact) mass is 284 g/mol. The van der Waals surface area contributed by atoms with Crippen LogP contribution in [0.5, 0.6) is 0 Å². The Hall–Kier alpha value is -1.75. The van der Waals surface area contributed by atoms with Crippen LogP contribution in [0.4, 0.5) is 4.79 Å². The van der Waals surface area contributed by atoms with Crippen LogP contribution in [0, 0.1) is 0 Å². The minimum absolute atomic E-state index is 0.233. The van der Waals surface area contributed by atoms with E-state index < -0.39 is 18.0 Å². The molecule has 0 aliphatic carbocycles. The van der Waals surface area contributed by atoms with Crippen LogP contribution in [0.15, 0.2) is 24.3 Å². The molecule has 1 unspecified atom stereocenters. The van der Waals surface area contributed by atoms with E-state index in [1.807, 2.05) is 19.1 Å². The van der Waals surface area contributed by atoms with Gasteiger partial charge in [0.1, 0.15) is 6.04 Å². The summed E-state index contributed by atoms with van der Waals surface area (Å²) in [4.78, 5) is 22.5. The van der Waals surface area contributed by atoms with Crippen LogP contribution in [0.2, 0.25) is 5.02 Å². The minimum atomic E-state index is -1.04. The molecule has 5 nitrogen and oxygen atoms in total. The molecule has 0 radical (unpaired) electrons. The van der Waals surface area contributed by atoms with Gasteiger partial charge in [0.05, 0.1) is 6.04 Å². The first-order valence-electron chi connectivity index (χ1n) is 5.99. The van der Waals surface area contributed by atoms with Gasteiger partial charge in [-0.3, -0.25) is 0 Å². The van der Waals surface area contributed by atoms with Crippen molar-refractivity contribution in [1.82, 2.24) is 10.6 Å². The summed E-state index contributed by atoms with van der Waals surface area (Å²) in [5.74, 6) is -1.04. The zero-order valence-electron chi connectivity index (χ0n) is 10.8. The number of hydrogen-bond acceptors (Lipinski definition) is 2. The number of carboxylic acid groups (broad SMARTS) is 1. The summed E-state index contributed by atoms with van der Waals surface area (Å²) >= 11 is 5.78. The number of rotatable bonds is 5. The molecule has 1 aromatic carbocycles. The van der Waals surface area contributed by atoms with Crippen LogP contribution in [0.3, 0.4) is 0 Å². The van der Waals surface area contributed by atoms with Gasteiger partial charge in [0.2, 0.25) is 0 Å². The molecule has 0 bridgehead atoms. The van der Waals surface area contributed by atoms with E-state index in [1.54, 1.807) is 19.1 Å². The Labute approximate surface area is 117 Å². The van der Waals surface area contributed by atoms with Gasteiger partial charge in [0.15, 0.2) is 0 Å². The predicted molar refractivity (Wildman–Crippen MR) is 73.2 cm³/mol. The van der Waals surface area contributed by atoms with E-state index in [9.17, 15) is 9.59 Å². The molecule has 19 heavy (non-hydrogen) atoms. The maximum Gasteiger partial charge on any atom is 0.326 e. The highest BCUT2D eigenvalue weighted by Crippen LogP contribution is 2.15. The van der Waals surface area contributed by atoms with Gasteiger partial charge < -0.3 is 15.7 Å². The zero-order valence-corrected chi connectivity index (χ0v) is 11.6. The van der Waals surface area contributed by atoms with Crippen molar-refractivity contribution in [3.8, 4) is 0 Å². The molecule has 3 N–H and O–H groups in total. The SMILES string of the molecule is CC[C@H](NC(=O)NC(C)c1ccc(Cl)cc1)C(=O)O. The van der Waals surface area contributed by atoms with Gasteiger partial charge in [-0.2, -0.15) is 0 Å². The lowest BCUT2D eigenvalue weighted by Crippen LogP contribution is -2.46. The zero-order chi connectivity index (χ0) is 14.4. The van der Waals surface area contributed by atoms with Crippen LogP contribution < -0.4 is 10.6 Å². The van der Waals surface area contributed by atoms with Gasteiger partial charge in [0, 0.05) is 5.02 Å². The standard InChI is InChI=1S/C13H17ClN2O3/c1-3-11(12(17)18)16-13(19)15-8(2)9-4-6-10(14)7-5-9/h4-8,11H,3H2,1-2H3,(H,17,18)(H2,15,16,19)/t8?,11-/m0/s1. The topological polar surface area (TPSA) is 78.4 Å². The summed E-state index contributed by atoms with van der Waals surface area (Å²) in [5, 5.41) is 14.6. The smallest absolute Gasteiger partial charge is 0.326 e. The Kier molecular flexibility index (Phi) is 5.63. The lowest BCUT2D eigenvalue weighted by Gasteiger charge is -2.17. The average Bonchev–Trinajstić information content (AvgIpc) is 2.36. The minimum Gasteiger partial charge on any atom is -0.480 e. The lowest BCUT2D eigenvalue weighted by atomic mass is 10.1. The molecule has 0 aromatic heterocycles.